The second-order valence-electron chi connectivity index (χ2n) is 4.98. The van der Waals surface area contributed by atoms with Crippen LogP contribution in [0.4, 0.5) is 8.78 Å². The fraction of sp³-hybridized carbons (Fsp3) is 0.571. The highest BCUT2D eigenvalue weighted by atomic mass is 19.2. The van der Waals surface area contributed by atoms with Crippen LogP contribution in [0.1, 0.15) is 37.8 Å². The van der Waals surface area contributed by atoms with Crippen molar-refractivity contribution in [3.8, 4) is 0 Å². The smallest absolute Gasteiger partial charge is 0.163 e. The largest absolute Gasteiger partial charge is 0.329 e. The highest BCUT2D eigenvalue weighted by molar-refractivity contribution is 5.23. The molecular formula is C14H20F2N2. The Morgan fingerprint density at radius 2 is 2.17 bits per heavy atom. The number of hydrogen-bond donors (Lipinski definition) is 1. The minimum atomic E-state index is -0.796. The Kier molecular flexibility index (Phi) is 4.30. The van der Waals surface area contributed by atoms with E-state index in [2.05, 4.69) is 11.8 Å². The number of hydrogen-bond acceptors (Lipinski definition) is 2. The molecule has 1 aromatic carbocycles. The van der Waals surface area contributed by atoms with Gasteiger partial charge in [-0.05, 0) is 32.4 Å². The van der Waals surface area contributed by atoms with Crippen molar-refractivity contribution in [3.63, 3.8) is 0 Å². The third-order valence-electron chi connectivity index (χ3n) is 3.82. The molecule has 1 aliphatic heterocycles. The SMILES string of the molecule is CC1CCCCN1C(CN)c1cccc(F)c1F. The average Bonchev–Trinajstić information content (AvgIpc) is 2.37. The number of nitrogens with two attached hydrogens (primary N) is 1. The summed E-state index contributed by atoms with van der Waals surface area (Å²) >= 11 is 0. The van der Waals surface area contributed by atoms with Gasteiger partial charge in [-0.3, -0.25) is 4.90 Å². The van der Waals surface area contributed by atoms with E-state index < -0.39 is 11.6 Å². The zero-order chi connectivity index (χ0) is 13.1. The molecule has 100 valence electrons. The van der Waals surface area contributed by atoms with Gasteiger partial charge in [0.25, 0.3) is 0 Å². The third kappa shape index (κ3) is 2.54. The third-order valence-corrected chi connectivity index (χ3v) is 3.82. The number of halogens is 2. The standard InChI is InChI=1S/C14H20F2N2/c1-10-5-2-3-8-18(10)13(9-17)11-6-4-7-12(15)14(11)16/h4,6-7,10,13H,2-3,5,8-9,17H2,1H3. The van der Waals surface area contributed by atoms with E-state index in [1.165, 1.54) is 6.42 Å². The van der Waals surface area contributed by atoms with Crippen LogP contribution >= 0.6 is 0 Å². The first-order chi connectivity index (χ1) is 8.65. The zero-order valence-electron chi connectivity index (χ0n) is 10.7. The van der Waals surface area contributed by atoms with Gasteiger partial charge in [-0.15, -0.1) is 0 Å². The summed E-state index contributed by atoms with van der Waals surface area (Å²) in [7, 11) is 0. The van der Waals surface area contributed by atoms with Crippen molar-refractivity contribution in [3.05, 3.63) is 35.4 Å². The minimum Gasteiger partial charge on any atom is -0.329 e. The minimum absolute atomic E-state index is 0.226. The van der Waals surface area contributed by atoms with E-state index in [1.807, 2.05) is 0 Å². The fourth-order valence-electron chi connectivity index (χ4n) is 2.80. The van der Waals surface area contributed by atoms with Crippen molar-refractivity contribution in [1.82, 2.24) is 4.90 Å². The van der Waals surface area contributed by atoms with Gasteiger partial charge in [0.2, 0.25) is 0 Å². The maximum absolute atomic E-state index is 13.9. The van der Waals surface area contributed by atoms with Crippen LogP contribution in [0.15, 0.2) is 18.2 Å². The Bertz CT molecular complexity index is 409. The van der Waals surface area contributed by atoms with Crippen molar-refractivity contribution < 1.29 is 8.78 Å². The van der Waals surface area contributed by atoms with E-state index in [4.69, 9.17) is 5.73 Å². The predicted molar refractivity (Wildman–Crippen MR) is 68.2 cm³/mol. The number of piperidine rings is 1. The lowest BCUT2D eigenvalue weighted by molar-refractivity contribution is 0.106. The van der Waals surface area contributed by atoms with Crippen LogP contribution in [0.5, 0.6) is 0 Å². The van der Waals surface area contributed by atoms with E-state index in [1.54, 1.807) is 12.1 Å². The molecule has 1 aromatic rings. The molecule has 0 bridgehead atoms. The maximum atomic E-state index is 13.9. The highest BCUT2D eigenvalue weighted by Gasteiger charge is 2.28. The van der Waals surface area contributed by atoms with Gasteiger partial charge in [0.05, 0.1) is 6.04 Å². The Morgan fingerprint density at radius 3 is 2.83 bits per heavy atom. The lowest BCUT2D eigenvalue weighted by Crippen LogP contribution is -2.43. The summed E-state index contributed by atoms with van der Waals surface area (Å²) < 4.78 is 27.2. The van der Waals surface area contributed by atoms with Gasteiger partial charge in [0.1, 0.15) is 0 Å². The molecule has 0 radical (unpaired) electrons. The molecule has 0 amide bonds. The van der Waals surface area contributed by atoms with Gasteiger partial charge in [0, 0.05) is 18.2 Å². The molecule has 0 aliphatic carbocycles. The molecule has 0 aromatic heterocycles. The molecule has 1 fully saturated rings. The molecule has 2 nitrogen and oxygen atoms in total. The van der Waals surface area contributed by atoms with Crippen molar-refractivity contribution in [2.45, 2.75) is 38.3 Å². The first-order valence-electron chi connectivity index (χ1n) is 6.55. The summed E-state index contributed by atoms with van der Waals surface area (Å²) in [6.45, 7) is 3.34. The van der Waals surface area contributed by atoms with Gasteiger partial charge < -0.3 is 5.73 Å². The monoisotopic (exact) mass is 254 g/mol. The molecule has 2 atom stereocenters. The van der Waals surface area contributed by atoms with Crippen LogP contribution < -0.4 is 5.73 Å². The Hall–Kier alpha value is -1.00. The van der Waals surface area contributed by atoms with E-state index in [0.717, 1.165) is 25.5 Å². The number of nitrogens with zero attached hydrogens (tertiary/aromatic N) is 1. The van der Waals surface area contributed by atoms with E-state index in [0.29, 0.717) is 18.2 Å². The van der Waals surface area contributed by atoms with Crippen LogP contribution in [0, 0.1) is 11.6 Å². The van der Waals surface area contributed by atoms with Crippen molar-refractivity contribution in [2.75, 3.05) is 13.1 Å². The quantitative estimate of drug-likeness (QED) is 0.898. The molecular weight excluding hydrogens is 234 g/mol. The van der Waals surface area contributed by atoms with E-state index >= 15 is 0 Å². The fourth-order valence-corrected chi connectivity index (χ4v) is 2.80. The second-order valence-corrected chi connectivity index (χ2v) is 4.98. The van der Waals surface area contributed by atoms with Gasteiger partial charge in [-0.2, -0.15) is 0 Å². The molecule has 2 unspecified atom stereocenters. The van der Waals surface area contributed by atoms with Crippen LogP contribution in [-0.4, -0.2) is 24.0 Å². The van der Waals surface area contributed by atoms with Crippen molar-refractivity contribution in [2.24, 2.45) is 5.73 Å². The van der Waals surface area contributed by atoms with Crippen LogP contribution in [0.2, 0.25) is 0 Å². The van der Waals surface area contributed by atoms with Crippen molar-refractivity contribution >= 4 is 0 Å². The van der Waals surface area contributed by atoms with Crippen LogP contribution in [0.25, 0.3) is 0 Å². The van der Waals surface area contributed by atoms with Crippen molar-refractivity contribution in [1.29, 1.82) is 0 Å². The normalized spacial score (nSPS) is 23.0. The second kappa shape index (κ2) is 5.76. The molecule has 1 saturated heterocycles. The summed E-state index contributed by atoms with van der Waals surface area (Å²) in [6.07, 6.45) is 3.38. The maximum Gasteiger partial charge on any atom is 0.163 e. The first-order valence-corrected chi connectivity index (χ1v) is 6.55. The summed E-state index contributed by atoms with van der Waals surface area (Å²) in [5.74, 6) is -1.55. The van der Waals surface area contributed by atoms with E-state index in [-0.39, 0.29) is 6.04 Å². The summed E-state index contributed by atoms with van der Waals surface area (Å²) in [4.78, 5) is 2.20. The molecule has 18 heavy (non-hydrogen) atoms. The lowest BCUT2D eigenvalue weighted by atomic mass is 9.97. The van der Waals surface area contributed by atoms with Crippen LogP contribution in [0.3, 0.4) is 0 Å². The molecule has 1 aliphatic rings. The van der Waals surface area contributed by atoms with E-state index in [9.17, 15) is 8.78 Å². The summed E-state index contributed by atoms with van der Waals surface area (Å²) in [5.41, 5.74) is 6.17. The Labute approximate surface area is 107 Å². The first kappa shape index (κ1) is 13.4. The average molecular weight is 254 g/mol. The Morgan fingerprint density at radius 1 is 1.39 bits per heavy atom. The zero-order valence-corrected chi connectivity index (χ0v) is 10.7. The number of rotatable bonds is 3. The topological polar surface area (TPSA) is 29.3 Å². The predicted octanol–water partition coefficient (Wildman–Crippen LogP) is 2.84. The van der Waals surface area contributed by atoms with Gasteiger partial charge in [0.15, 0.2) is 11.6 Å². The van der Waals surface area contributed by atoms with Gasteiger partial charge in [-0.1, -0.05) is 18.6 Å². The van der Waals surface area contributed by atoms with Crippen LogP contribution in [-0.2, 0) is 0 Å². The molecule has 0 spiro atoms. The van der Waals surface area contributed by atoms with Gasteiger partial charge >= 0.3 is 0 Å². The summed E-state index contributed by atoms with van der Waals surface area (Å²) in [6, 6.07) is 4.47. The molecule has 4 heteroatoms. The van der Waals surface area contributed by atoms with Gasteiger partial charge in [-0.25, -0.2) is 8.78 Å². The number of likely N-dealkylation sites (tertiary alicyclic amines) is 1. The lowest BCUT2D eigenvalue weighted by Gasteiger charge is -2.39. The molecule has 2 rings (SSSR count). The molecule has 1 heterocycles. The number of benzene rings is 1. The highest BCUT2D eigenvalue weighted by Crippen LogP contribution is 2.29. The Balaban J connectivity index is 2.29. The molecule has 0 saturated carbocycles. The molecule has 2 N–H and O–H groups in total. The summed E-state index contributed by atoms with van der Waals surface area (Å²) in [5, 5.41) is 0.